The lowest BCUT2D eigenvalue weighted by Crippen LogP contribution is -2.46. The highest BCUT2D eigenvalue weighted by molar-refractivity contribution is 7.89. The lowest BCUT2D eigenvalue weighted by atomic mass is 9.88. The molecular formula is C28H42N6O6S2. The fraction of sp³-hybridized carbons (Fsp3) is 0.607. The zero-order valence-electron chi connectivity index (χ0n) is 24.5. The summed E-state index contributed by atoms with van der Waals surface area (Å²) in [7, 11) is -3.29. The van der Waals surface area contributed by atoms with Crippen molar-refractivity contribution >= 4 is 55.2 Å². The van der Waals surface area contributed by atoms with E-state index in [1.165, 1.54) is 15.6 Å². The van der Waals surface area contributed by atoms with Gasteiger partial charge in [0, 0.05) is 32.0 Å². The average molecular weight is 623 g/mol. The molecule has 1 aliphatic heterocycles. The highest BCUT2D eigenvalue weighted by atomic mass is 32.2. The minimum atomic E-state index is -3.29. The molecule has 2 aromatic rings. The molecule has 0 bridgehead atoms. The van der Waals surface area contributed by atoms with Gasteiger partial charge in [-0.1, -0.05) is 26.0 Å². The van der Waals surface area contributed by atoms with Crippen molar-refractivity contribution in [2.75, 3.05) is 25.4 Å². The molecule has 1 saturated heterocycles. The van der Waals surface area contributed by atoms with E-state index in [9.17, 15) is 22.8 Å². The predicted octanol–water partition coefficient (Wildman–Crippen LogP) is 3.06. The van der Waals surface area contributed by atoms with Crippen LogP contribution in [-0.4, -0.2) is 78.9 Å². The number of carbonyl (C=O) groups excluding carboxylic acids is 3. The second-order valence-corrected chi connectivity index (χ2v) is 14.2. The number of aliphatic imine (C=N–C) groups is 1. The first kappa shape index (κ1) is 33.4. The van der Waals surface area contributed by atoms with Gasteiger partial charge < -0.3 is 21.5 Å². The van der Waals surface area contributed by atoms with Crippen LogP contribution < -0.4 is 16.8 Å². The highest BCUT2D eigenvalue weighted by Crippen LogP contribution is 2.27. The van der Waals surface area contributed by atoms with Gasteiger partial charge in [0.05, 0.1) is 22.0 Å². The number of alkyl carbamates (subject to hydrolysis) is 1. The second kappa shape index (κ2) is 15.4. The predicted molar refractivity (Wildman–Crippen MR) is 164 cm³/mol. The number of thiazole rings is 1. The van der Waals surface area contributed by atoms with Gasteiger partial charge in [-0.2, -0.15) is 0 Å². The third kappa shape index (κ3) is 9.73. The van der Waals surface area contributed by atoms with Crippen LogP contribution in [0.4, 0.5) is 4.79 Å². The minimum absolute atomic E-state index is 0.0226. The Morgan fingerprint density at radius 3 is 2.50 bits per heavy atom. The molecule has 2 atom stereocenters. The largest absolute Gasteiger partial charge is 0.446 e. The van der Waals surface area contributed by atoms with Gasteiger partial charge in [-0.3, -0.25) is 14.6 Å². The van der Waals surface area contributed by atoms with Gasteiger partial charge in [0.2, 0.25) is 10.0 Å². The molecule has 12 nitrogen and oxygen atoms in total. The number of guanidine groups is 1. The van der Waals surface area contributed by atoms with Crippen LogP contribution in [0.15, 0.2) is 29.3 Å². The third-order valence-electron chi connectivity index (χ3n) is 7.15. The maximum absolute atomic E-state index is 13.6. The molecule has 0 aliphatic carbocycles. The van der Waals surface area contributed by atoms with Crippen molar-refractivity contribution in [2.45, 2.75) is 71.4 Å². The number of nitrogens with two attached hydrogens (primary N) is 2. The summed E-state index contributed by atoms with van der Waals surface area (Å²) in [5.41, 5.74) is 11.6. The number of piperidine rings is 1. The molecular weight excluding hydrogens is 580 g/mol. The van der Waals surface area contributed by atoms with Crippen molar-refractivity contribution in [3.63, 3.8) is 0 Å². The zero-order valence-corrected chi connectivity index (χ0v) is 26.1. The maximum atomic E-state index is 13.6. The first-order valence-electron chi connectivity index (χ1n) is 14.3. The molecule has 1 aromatic heterocycles. The Bertz CT molecular complexity index is 1330. The SMILES string of the molecule is CCS(=O)(=O)N1CCC(OC(=O)N[C@@H](CC(C)C)C(=O)C[C@@H](CCCN=C(N)N)C(=O)c2nc3ccccc3s2)CC1. The highest BCUT2D eigenvalue weighted by Gasteiger charge is 2.32. The first-order valence-corrected chi connectivity index (χ1v) is 16.7. The number of amides is 1. The smallest absolute Gasteiger partial charge is 0.407 e. The van der Waals surface area contributed by atoms with Gasteiger partial charge in [0.1, 0.15) is 6.10 Å². The lowest BCUT2D eigenvalue weighted by Gasteiger charge is -2.31. The summed E-state index contributed by atoms with van der Waals surface area (Å²) < 4.78 is 32.1. The van der Waals surface area contributed by atoms with Crippen LogP contribution in [0.25, 0.3) is 10.2 Å². The number of rotatable bonds is 15. The number of hydrogen-bond donors (Lipinski definition) is 3. The first-order chi connectivity index (χ1) is 19.9. The van der Waals surface area contributed by atoms with Gasteiger partial charge in [-0.05, 0) is 57.1 Å². The van der Waals surface area contributed by atoms with Gasteiger partial charge in [-0.25, -0.2) is 22.5 Å². The van der Waals surface area contributed by atoms with Crippen molar-refractivity contribution in [3.8, 4) is 0 Å². The Kier molecular flexibility index (Phi) is 12.2. The Morgan fingerprint density at radius 2 is 1.88 bits per heavy atom. The summed E-state index contributed by atoms with van der Waals surface area (Å²) in [5, 5.41) is 3.05. The van der Waals surface area contributed by atoms with Crippen molar-refractivity contribution in [1.82, 2.24) is 14.6 Å². The molecule has 2 heterocycles. The number of carbonyl (C=O) groups is 3. The number of nitrogens with zero attached hydrogens (tertiary/aromatic N) is 3. The molecule has 3 rings (SSSR count). The van der Waals surface area contributed by atoms with Crippen molar-refractivity contribution in [1.29, 1.82) is 0 Å². The van der Waals surface area contributed by atoms with Crippen LogP contribution in [0.3, 0.4) is 0 Å². The average Bonchev–Trinajstić information content (AvgIpc) is 3.38. The Labute approximate surface area is 251 Å². The van der Waals surface area contributed by atoms with Gasteiger partial charge in [0.25, 0.3) is 0 Å². The van der Waals surface area contributed by atoms with Gasteiger partial charge in [-0.15, -0.1) is 11.3 Å². The molecule has 0 radical (unpaired) electrons. The van der Waals surface area contributed by atoms with E-state index in [1.807, 2.05) is 38.1 Å². The number of ether oxygens (including phenoxy) is 1. The molecule has 1 fully saturated rings. The van der Waals surface area contributed by atoms with Crippen LogP contribution >= 0.6 is 11.3 Å². The number of fused-ring (bicyclic) bond motifs is 1. The molecule has 0 spiro atoms. The molecule has 14 heteroatoms. The topological polar surface area (TPSA) is 187 Å². The van der Waals surface area contributed by atoms with Gasteiger partial charge >= 0.3 is 6.09 Å². The Balaban J connectivity index is 1.68. The standard InChI is InChI=1S/C28H42N6O6S2/c1-4-42(38,39)34-14-11-20(12-15-34)40-28(37)33-22(16-18(2)3)23(35)17-19(8-7-13-31-27(29)30)25(36)26-32-21-9-5-6-10-24(21)41-26/h5-6,9-10,18-20,22H,4,7-8,11-17H2,1-3H3,(H,33,37)(H4,29,30,31)/t19-,22+/m1/s1. The lowest BCUT2D eigenvalue weighted by molar-refractivity contribution is -0.122. The van der Waals surface area contributed by atoms with E-state index >= 15 is 0 Å². The van der Waals surface area contributed by atoms with E-state index in [0.29, 0.717) is 43.7 Å². The van der Waals surface area contributed by atoms with Crippen LogP contribution in [0, 0.1) is 11.8 Å². The Hall–Kier alpha value is -3.10. The number of nitrogens with one attached hydrogen (secondary N) is 1. The summed E-state index contributed by atoms with van der Waals surface area (Å²) in [5.74, 6) is -1.10. The number of hydrogen-bond acceptors (Lipinski definition) is 9. The van der Waals surface area contributed by atoms with E-state index in [-0.39, 0.29) is 48.7 Å². The second-order valence-electron chi connectivity index (χ2n) is 10.9. The monoisotopic (exact) mass is 622 g/mol. The van der Waals surface area contributed by atoms with E-state index in [1.54, 1.807) is 6.92 Å². The van der Waals surface area contributed by atoms with Crippen LogP contribution in [0.5, 0.6) is 0 Å². The molecule has 232 valence electrons. The summed E-state index contributed by atoms with van der Waals surface area (Å²) in [6, 6.07) is 6.61. The number of Topliss-reactive ketones (excluding diaryl/α,β-unsaturated/α-hetero) is 2. The van der Waals surface area contributed by atoms with E-state index in [0.717, 1.165) is 10.2 Å². The van der Waals surface area contributed by atoms with Crippen molar-refractivity contribution < 1.29 is 27.5 Å². The quantitative estimate of drug-likeness (QED) is 0.116. The molecule has 0 saturated carbocycles. The fourth-order valence-corrected chi connectivity index (χ4v) is 7.01. The van der Waals surface area contributed by atoms with Crippen LogP contribution in [0.2, 0.25) is 0 Å². The van der Waals surface area contributed by atoms with E-state index in [2.05, 4.69) is 15.3 Å². The molecule has 5 N–H and O–H groups in total. The summed E-state index contributed by atoms with van der Waals surface area (Å²) in [4.78, 5) is 48.5. The van der Waals surface area contributed by atoms with Crippen LogP contribution in [0.1, 0.15) is 69.1 Å². The fourth-order valence-electron chi connectivity index (χ4n) is 4.89. The van der Waals surface area contributed by atoms with Gasteiger partial charge in [0.15, 0.2) is 22.5 Å². The Morgan fingerprint density at radius 1 is 1.19 bits per heavy atom. The minimum Gasteiger partial charge on any atom is -0.446 e. The molecule has 1 aliphatic rings. The maximum Gasteiger partial charge on any atom is 0.407 e. The van der Waals surface area contributed by atoms with E-state index < -0.39 is 34.2 Å². The normalized spacial score (nSPS) is 16.2. The van der Waals surface area contributed by atoms with Crippen molar-refractivity contribution in [3.05, 3.63) is 29.3 Å². The van der Waals surface area contributed by atoms with Crippen LogP contribution in [-0.2, 0) is 19.6 Å². The summed E-state index contributed by atoms with van der Waals surface area (Å²) in [6.07, 6.45) is 0.727. The van der Waals surface area contributed by atoms with Crippen molar-refractivity contribution in [2.24, 2.45) is 28.3 Å². The molecule has 42 heavy (non-hydrogen) atoms. The number of benzene rings is 1. The number of para-hydroxylation sites is 1. The third-order valence-corrected chi connectivity index (χ3v) is 10.1. The zero-order chi connectivity index (χ0) is 30.9. The summed E-state index contributed by atoms with van der Waals surface area (Å²) >= 11 is 1.29. The molecule has 0 unspecified atom stereocenters. The summed E-state index contributed by atoms with van der Waals surface area (Å²) in [6.45, 7) is 6.35. The molecule has 1 amide bonds. The van der Waals surface area contributed by atoms with E-state index in [4.69, 9.17) is 16.2 Å². The number of sulfonamides is 1. The number of aromatic nitrogens is 1. The molecule has 1 aromatic carbocycles. The number of ketones is 2.